The van der Waals surface area contributed by atoms with E-state index in [4.69, 9.17) is 4.74 Å². The van der Waals surface area contributed by atoms with Crippen molar-refractivity contribution in [3.05, 3.63) is 35.4 Å². The molecule has 0 bridgehead atoms. The third-order valence-electron chi connectivity index (χ3n) is 3.36. The molecule has 2 atom stereocenters. The summed E-state index contributed by atoms with van der Waals surface area (Å²) in [5.41, 5.74) is 2.74. The van der Waals surface area contributed by atoms with Gasteiger partial charge in [-0.3, -0.25) is 0 Å². The second kappa shape index (κ2) is 6.58. The predicted octanol–water partition coefficient (Wildman–Crippen LogP) is 2.69. The number of hydrogen-bond donors (Lipinski definition) is 1. The molecule has 0 aromatic heterocycles. The third-order valence-corrected chi connectivity index (χ3v) is 3.36. The summed E-state index contributed by atoms with van der Waals surface area (Å²) in [6.45, 7) is 5.76. The average molecular weight is 243 g/mol. The highest BCUT2D eigenvalue weighted by Crippen LogP contribution is 2.30. The van der Waals surface area contributed by atoms with E-state index < -0.39 is 0 Å². The van der Waals surface area contributed by atoms with Crippen molar-refractivity contribution in [2.24, 2.45) is 0 Å². The van der Waals surface area contributed by atoms with Gasteiger partial charge < -0.3 is 10.1 Å². The molecule has 1 N–H and O–H groups in total. The number of likely N-dealkylation sites (N-methyl/N-ethyl adjacent to an activating group) is 1. The van der Waals surface area contributed by atoms with Gasteiger partial charge in [0.15, 0.2) is 0 Å². The van der Waals surface area contributed by atoms with E-state index in [1.165, 1.54) is 11.1 Å². The Morgan fingerprint density at radius 3 is 3.06 bits per heavy atom. The van der Waals surface area contributed by atoms with Crippen molar-refractivity contribution >= 4 is 0 Å². The molecular weight excluding hydrogens is 222 g/mol. The standard InChI is InChI=1S/C16H21NO/c1-3-5-10-15(17-4-2)16-14-9-7-6-8-13(14)11-12-18-16/h6-9,15-17H,4,10-12H2,1-2H3. The minimum atomic E-state index is 0.135. The van der Waals surface area contributed by atoms with Crippen molar-refractivity contribution in [3.8, 4) is 11.8 Å². The molecule has 2 nitrogen and oxygen atoms in total. The molecule has 0 spiro atoms. The molecule has 1 heterocycles. The van der Waals surface area contributed by atoms with Gasteiger partial charge in [-0.2, -0.15) is 0 Å². The molecule has 1 aromatic carbocycles. The van der Waals surface area contributed by atoms with E-state index in [-0.39, 0.29) is 12.1 Å². The third kappa shape index (κ3) is 2.93. The summed E-state index contributed by atoms with van der Waals surface area (Å²) < 4.78 is 5.99. The van der Waals surface area contributed by atoms with Gasteiger partial charge in [0, 0.05) is 12.5 Å². The van der Waals surface area contributed by atoms with Gasteiger partial charge in [0.1, 0.15) is 0 Å². The van der Waals surface area contributed by atoms with Gasteiger partial charge in [0.05, 0.1) is 12.7 Å². The summed E-state index contributed by atoms with van der Waals surface area (Å²) in [5, 5.41) is 3.50. The van der Waals surface area contributed by atoms with Crippen molar-refractivity contribution in [3.63, 3.8) is 0 Å². The lowest BCUT2D eigenvalue weighted by atomic mass is 9.92. The highest BCUT2D eigenvalue weighted by atomic mass is 16.5. The Kier molecular flexibility index (Phi) is 4.81. The van der Waals surface area contributed by atoms with Crippen molar-refractivity contribution < 1.29 is 4.74 Å². The highest BCUT2D eigenvalue weighted by molar-refractivity contribution is 5.32. The van der Waals surface area contributed by atoms with E-state index in [1.807, 2.05) is 6.92 Å². The first kappa shape index (κ1) is 13.1. The number of fused-ring (bicyclic) bond motifs is 1. The van der Waals surface area contributed by atoms with E-state index in [9.17, 15) is 0 Å². The largest absolute Gasteiger partial charge is 0.372 e. The van der Waals surface area contributed by atoms with Gasteiger partial charge in [0.25, 0.3) is 0 Å². The van der Waals surface area contributed by atoms with Crippen molar-refractivity contribution in [1.82, 2.24) is 5.32 Å². The molecule has 0 saturated heterocycles. The molecule has 0 fully saturated rings. The molecule has 2 unspecified atom stereocenters. The normalized spacial score (nSPS) is 19.6. The minimum Gasteiger partial charge on any atom is -0.372 e. The molecule has 1 aliphatic heterocycles. The van der Waals surface area contributed by atoms with Gasteiger partial charge in [0.2, 0.25) is 0 Å². The van der Waals surface area contributed by atoms with Crippen LogP contribution in [0.25, 0.3) is 0 Å². The zero-order chi connectivity index (χ0) is 12.8. The van der Waals surface area contributed by atoms with Crippen LogP contribution in [0.1, 0.15) is 37.5 Å². The summed E-state index contributed by atoms with van der Waals surface area (Å²) in [6.07, 6.45) is 1.99. The van der Waals surface area contributed by atoms with Crippen LogP contribution in [-0.4, -0.2) is 19.2 Å². The maximum absolute atomic E-state index is 5.99. The van der Waals surface area contributed by atoms with Crippen LogP contribution in [0.2, 0.25) is 0 Å². The van der Waals surface area contributed by atoms with Gasteiger partial charge in [-0.05, 0) is 31.0 Å². The van der Waals surface area contributed by atoms with Crippen LogP contribution in [-0.2, 0) is 11.2 Å². The van der Waals surface area contributed by atoms with Gasteiger partial charge >= 0.3 is 0 Å². The Morgan fingerprint density at radius 1 is 1.44 bits per heavy atom. The Hall–Kier alpha value is -1.30. The fourth-order valence-electron chi connectivity index (χ4n) is 2.52. The minimum absolute atomic E-state index is 0.135. The summed E-state index contributed by atoms with van der Waals surface area (Å²) in [4.78, 5) is 0. The topological polar surface area (TPSA) is 21.3 Å². The Balaban J connectivity index is 2.22. The van der Waals surface area contributed by atoms with Crippen molar-refractivity contribution in [2.45, 2.75) is 38.8 Å². The first-order valence-electron chi connectivity index (χ1n) is 6.69. The Labute approximate surface area is 110 Å². The van der Waals surface area contributed by atoms with Crippen LogP contribution in [0.15, 0.2) is 24.3 Å². The Bertz CT molecular complexity index is 444. The van der Waals surface area contributed by atoms with E-state index in [0.29, 0.717) is 0 Å². The number of rotatable bonds is 4. The average Bonchev–Trinajstić information content (AvgIpc) is 2.43. The van der Waals surface area contributed by atoms with Crippen LogP contribution < -0.4 is 5.32 Å². The Morgan fingerprint density at radius 2 is 2.28 bits per heavy atom. The van der Waals surface area contributed by atoms with Gasteiger partial charge in [-0.15, -0.1) is 11.8 Å². The predicted molar refractivity (Wildman–Crippen MR) is 74.4 cm³/mol. The van der Waals surface area contributed by atoms with Crippen molar-refractivity contribution in [1.29, 1.82) is 0 Å². The zero-order valence-corrected chi connectivity index (χ0v) is 11.2. The van der Waals surface area contributed by atoms with E-state index in [2.05, 4.69) is 48.3 Å². The van der Waals surface area contributed by atoms with Crippen LogP contribution in [0.4, 0.5) is 0 Å². The highest BCUT2D eigenvalue weighted by Gasteiger charge is 2.27. The molecule has 0 amide bonds. The number of hydrogen-bond acceptors (Lipinski definition) is 2. The summed E-state index contributed by atoms with van der Waals surface area (Å²) in [5.74, 6) is 6.14. The molecule has 1 aromatic rings. The molecule has 2 heteroatoms. The molecule has 2 rings (SSSR count). The summed E-state index contributed by atoms with van der Waals surface area (Å²) >= 11 is 0. The summed E-state index contributed by atoms with van der Waals surface area (Å²) in [7, 11) is 0. The second-order valence-electron chi connectivity index (χ2n) is 4.54. The lowest BCUT2D eigenvalue weighted by molar-refractivity contribution is 0.0169. The van der Waals surface area contributed by atoms with Crippen LogP contribution >= 0.6 is 0 Å². The monoisotopic (exact) mass is 243 g/mol. The van der Waals surface area contributed by atoms with Crippen LogP contribution in [0, 0.1) is 11.8 Å². The molecule has 0 saturated carbocycles. The SMILES string of the molecule is CC#CCC(NCC)C1OCCc2ccccc21. The number of nitrogens with one attached hydrogen (secondary N) is 1. The van der Waals surface area contributed by atoms with Crippen molar-refractivity contribution in [2.75, 3.05) is 13.2 Å². The molecular formula is C16H21NO. The molecule has 0 aliphatic carbocycles. The molecule has 1 aliphatic rings. The van der Waals surface area contributed by atoms with Crippen LogP contribution in [0.5, 0.6) is 0 Å². The second-order valence-corrected chi connectivity index (χ2v) is 4.54. The van der Waals surface area contributed by atoms with E-state index >= 15 is 0 Å². The molecule has 18 heavy (non-hydrogen) atoms. The first-order chi connectivity index (χ1) is 8.86. The number of benzene rings is 1. The van der Waals surface area contributed by atoms with Gasteiger partial charge in [-0.25, -0.2) is 0 Å². The fraction of sp³-hybridized carbons (Fsp3) is 0.500. The molecule has 0 radical (unpaired) electrons. The fourth-order valence-corrected chi connectivity index (χ4v) is 2.52. The van der Waals surface area contributed by atoms with Crippen LogP contribution in [0.3, 0.4) is 0 Å². The van der Waals surface area contributed by atoms with E-state index in [0.717, 1.165) is 26.0 Å². The quantitative estimate of drug-likeness (QED) is 0.821. The lowest BCUT2D eigenvalue weighted by Gasteiger charge is -2.32. The first-order valence-corrected chi connectivity index (χ1v) is 6.69. The lowest BCUT2D eigenvalue weighted by Crippen LogP contribution is -2.38. The number of ether oxygens (including phenoxy) is 1. The van der Waals surface area contributed by atoms with Gasteiger partial charge in [-0.1, -0.05) is 31.2 Å². The zero-order valence-electron chi connectivity index (χ0n) is 11.2. The summed E-state index contributed by atoms with van der Waals surface area (Å²) in [6, 6.07) is 8.87. The maximum Gasteiger partial charge on any atom is 0.0989 e. The smallest absolute Gasteiger partial charge is 0.0989 e. The maximum atomic E-state index is 5.99. The molecule has 96 valence electrons. The van der Waals surface area contributed by atoms with E-state index in [1.54, 1.807) is 0 Å².